The number of rotatable bonds is 3. The van der Waals surface area contributed by atoms with Gasteiger partial charge in [0, 0.05) is 30.9 Å². The minimum atomic E-state index is -0.469. The third kappa shape index (κ3) is 3.31. The van der Waals surface area contributed by atoms with Gasteiger partial charge in [0.1, 0.15) is 11.8 Å². The number of carbonyl (C=O) groups is 2. The Bertz CT molecular complexity index is 966. The van der Waals surface area contributed by atoms with Gasteiger partial charge in [0.05, 0.1) is 36.1 Å². The van der Waals surface area contributed by atoms with Gasteiger partial charge in [-0.2, -0.15) is 0 Å². The number of ether oxygens (including phenoxy) is 2. The van der Waals surface area contributed by atoms with Gasteiger partial charge in [-0.05, 0) is 36.6 Å². The Morgan fingerprint density at radius 2 is 2.20 bits per heavy atom. The van der Waals surface area contributed by atoms with Crippen LogP contribution in [0, 0.1) is 0 Å². The second-order valence-electron chi connectivity index (χ2n) is 7.86. The van der Waals surface area contributed by atoms with Crippen LogP contribution in [0.25, 0.3) is 10.6 Å². The topological polar surface area (TPSA) is 92.8 Å². The fourth-order valence-corrected chi connectivity index (χ4v) is 5.72. The summed E-state index contributed by atoms with van der Waals surface area (Å²) < 4.78 is 11.5. The number of thiophene rings is 1. The zero-order valence-corrected chi connectivity index (χ0v) is 17.6. The van der Waals surface area contributed by atoms with Gasteiger partial charge in [-0.25, -0.2) is 4.79 Å². The molecule has 2 aromatic rings. The molecule has 5 rings (SSSR count). The van der Waals surface area contributed by atoms with Crippen molar-refractivity contribution in [3.05, 3.63) is 34.8 Å². The van der Waals surface area contributed by atoms with E-state index in [-0.39, 0.29) is 17.5 Å². The number of hydrogen-bond acceptors (Lipinski definition) is 6. The lowest BCUT2D eigenvalue weighted by Crippen LogP contribution is -2.52. The van der Waals surface area contributed by atoms with Crippen molar-refractivity contribution in [1.82, 2.24) is 20.5 Å². The molecule has 0 aliphatic carbocycles. The normalized spacial score (nSPS) is 22.4. The molecule has 2 saturated heterocycles. The van der Waals surface area contributed by atoms with Crippen molar-refractivity contribution >= 4 is 23.3 Å². The molecule has 8 nitrogen and oxygen atoms in total. The molecule has 30 heavy (non-hydrogen) atoms. The van der Waals surface area contributed by atoms with Crippen LogP contribution in [0.3, 0.4) is 0 Å². The number of fused-ring (bicyclic) bond motifs is 2. The second-order valence-corrected chi connectivity index (χ2v) is 8.99. The quantitative estimate of drug-likeness (QED) is 0.779. The maximum absolute atomic E-state index is 12.7. The number of nitrogens with zero attached hydrogens (tertiary/aromatic N) is 2. The van der Waals surface area contributed by atoms with Crippen molar-refractivity contribution in [3.63, 3.8) is 0 Å². The van der Waals surface area contributed by atoms with E-state index in [9.17, 15) is 9.59 Å². The van der Waals surface area contributed by atoms with Crippen molar-refractivity contribution in [2.75, 3.05) is 33.4 Å². The molecule has 0 bridgehead atoms. The minimum absolute atomic E-state index is 0.0207. The summed E-state index contributed by atoms with van der Waals surface area (Å²) in [4.78, 5) is 32.9. The van der Waals surface area contributed by atoms with Crippen molar-refractivity contribution in [2.24, 2.45) is 0 Å². The van der Waals surface area contributed by atoms with Gasteiger partial charge in [-0.15, -0.1) is 11.3 Å². The molecule has 3 aliphatic heterocycles. The molecule has 0 saturated carbocycles. The van der Waals surface area contributed by atoms with Gasteiger partial charge < -0.3 is 25.0 Å². The van der Waals surface area contributed by atoms with Gasteiger partial charge in [0.15, 0.2) is 0 Å². The number of methoxy groups -OCH3 is 1. The average molecular weight is 429 g/mol. The highest BCUT2D eigenvalue weighted by Crippen LogP contribution is 2.46. The van der Waals surface area contributed by atoms with Crippen LogP contribution in [0.4, 0.5) is 4.79 Å². The van der Waals surface area contributed by atoms with E-state index in [0.29, 0.717) is 26.2 Å². The van der Waals surface area contributed by atoms with Gasteiger partial charge in [-0.3, -0.25) is 9.78 Å². The van der Waals surface area contributed by atoms with Crippen LogP contribution >= 0.6 is 11.3 Å². The summed E-state index contributed by atoms with van der Waals surface area (Å²) in [6, 6.07) is 5.37. The lowest BCUT2D eigenvalue weighted by atomic mass is 9.82. The maximum atomic E-state index is 12.7. The fraction of sp³-hybridized carbons (Fsp3) is 0.476. The van der Waals surface area contributed by atoms with E-state index >= 15 is 0 Å². The van der Waals surface area contributed by atoms with E-state index in [1.165, 1.54) is 10.4 Å². The lowest BCUT2D eigenvalue weighted by molar-refractivity contribution is -0.142. The first-order chi connectivity index (χ1) is 14.6. The summed E-state index contributed by atoms with van der Waals surface area (Å²) in [5.41, 5.74) is 1.83. The first-order valence-electron chi connectivity index (χ1n) is 10.2. The zero-order valence-electron chi connectivity index (χ0n) is 16.8. The molecule has 0 aromatic carbocycles. The van der Waals surface area contributed by atoms with E-state index in [2.05, 4.69) is 21.7 Å². The Morgan fingerprint density at radius 1 is 1.37 bits per heavy atom. The standard InChI is InChI=1S/C21H24N4O4S/c1-28-13-2-3-15(22-11-13)18-10-14-17(30-18)4-9-29-21(14)5-7-25(8-6-21)19(26)16-12-23-20(27)24-16/h2-3,10-11,16H,4-9,12H2,1H3,(H2,23,24,27). The van der Waals surface area contributed by atoms with E-state index in [1.807, 2.05) is 17.0 Å². The Morgan fingerprint density at radius 3 is 2.87 bits per heavy atom. The van der Waals surface area contributed by atoms with Crippen molar-refractivity contribution in [3.8, 4) is 16.3 Å². The highest BCUT2D eigenvalue weighted by Gasteiger charge is 2.44. The SMILES string of the molecule is COc1ccc(-c2cc3c(s2)CCOC32CCN(C(=O)C3CNC(=O)N3)CC2)nc1. The third-order valence-corrected chi connectivity index (χ3v) is 7.40. The summed E-state index contributed by atoms with van der Waals surface area (Å²) in [6.07, 6.45) is 4.15. The van der Waals surface area contributed by atoms with Gasteiger partial charge in [-0.1, -0.05) is 0 Å². The van der Waals surface area contributed by atoms with E-state index in [0.717, 1.165) is 35.6 Å². The molecular weight excluding hydrogens is 404 g/mol. The predicted octanol–water partition coefficient (Wildman–Crippen LogP) is 1.89. The van der Waals surface area contributed by atoms with E-state index in [1.54, 1.807) is 24.6 Å². The number of carbonyl (C=O) groups excluding carboxylic acids is 2. The van der Waals surface area contributed by atoms with E-state index in [4.69, 9.17) is 9.47 Å². The minimum Gasteiger partial charge on any atom is -0.495 e. The van der Waals surface area contributed by atoms with Crippen LogP contribution in [0.2, 0.25) is 0 Å². The molecule has 158 valence electrons. The number of aromatic nitrogens is 1. The molecule has 2 aromatic heterocycles. The molecule has 2 N–H and O–H groups in total. The average Bonchev–Trinajstić information content (AvgIpc) is 3.41. The number of pyridine rings is 1. The fourth-order valence-electron chi connectivity index (χ4n) is 4.52. The Kier molecular flexibility index (Phi) is 4.86. The summed E-state index contributed by atoms with van der Waals surface area (Å²) >= 11 is 1.78. The predicted molar refractivity (Wildman–Crippen MR) is 112 cm³/mol. The van der Waals surface area contributed by atoms with Gasteiger partial charge in [0.25, 0.3) is 0 Å². The maximum Gasteiger partial charge on any atom is 0.315 e. The number of likely N-dealkylation sites (tertiary alicyclic amines) is 1. The molecule has 9 heteroatoms. The molecule has 0 radical (unpaired) electrons. The highest BCUT2D eigenvalue weighted by molar-refractivity contribution is 7.15. The van der Waals surface area contributed by atoms with Crippen LogP contribution in [0.1, 0.15) is 23.3 Å². The highest BCUT2D eigenvalue weighted by atomic mass is 32.1. The molecule has 1 spiro atoms. The number of amides is 3. The summed E-state index contributed by atoms with van der Waals surface area (Å²) in [6.45, 7) is 2.29. The molecule has 5 heterocycles. The Labute approximate surface area is 178 Å². The number of urea groups is 1. The van der Waals surface area contributed by atoms with Crippen LogP contribution < -0.4 is 15.4 Å². The number of hydrogen-bond donors (Lipinski definition) is 2. The van der Waals surface area contributed by atoms with Crippen LogP contribution in [-0.4, -0.2) is 61.2 Å². The van der Waals surface area contributed by atoms with Crippen molar-refractivity contribution in [1.29, 1.82) is 0 Å². The largest absolute Gasteiger partial charge is 0.495 e. The molecule has 2 fully saturated rings. The van der Waals surface area contributed by atoms with Crippen LogP contribution in [-0.2, 0) is 21.6 Å². The third-order valence-electron chi connectivity index (χ3n) is 6.18. The van der Waals surface area contributed by atoms with Crippen molar-refractivity contribution < 1.29 is 19.1 Å². The molecule has 3 aliphatic rings. The first kappa shape index (κ1) is 19.3. The molecule has 1 atom stereocenters. The summed E-state index contributed by atoms with van der Waals surface area (Å²) in [7, 11) is 1.63. The van der Waals surface area contributed by atoms with Crippen LogP contribution in [0.15, 0.2) is 24.4 Å². The lowest BCUT2D eigenvalue weighted by Gasteiger charge is -2.44. The molecular formula is C21H24N4O4S. The van der Waals surface area contributed by atoms with Crippen molar-refractivity contribution in [2.45, 2.75) is 30.9 Å². The number of nitrogens with one attached hydrogen (secondary N) is 2. The smallest absolute Gasteiger partial charge is 0.315 e. The molecule has 3 amide bonds. The van der Waals surface area contributed by atoms with Crippen LogP contribution in [0.5, 0.6) is 5.75 Å². The Balaban J connectivity index is 1.34. The summed E-state index contributed by atoms with van der Waals surface area (Å²) in [5.74, 6) is 0.721. The monoisotopic (exact) mass is 428 g/mol. The van der Waals surface area contributed by atoms with Gasteiger partial charge in [0.2, 0.25) is 5.91 Å². The Hall–Kier alpha value is -2.65. The molecule has 1 unspecified atom stereocenters. The second kappa shape index (κ2) is 7.55. The van der Waals surface area contributed by atoms with E-state index < -0.39 is 6.04 Å². The zero-order chi connectivity index (χ0) is 20.7. The summed E-state index contributed by atoms with van der Waals surface area (Å²) in [5, 5.41) is 5.33. The first-order valence-corrected chi connectivity index (χ1v) is 11.0. The van der Waals surface area contributed by atoms with Gasteiger partial charge >= 0.3 is 6.03 Å². The number of piperidine rings is 1.